The van der Waals surface area contributed by atoms with E-state index in [1.807, 2.05) is 0 Å². The van der Waals surface area contributed by atoms with Gasteiger partial charge in [0.25, 0.3) is 0 Å². The van der Waals surface area contributed by atoms with Crippen LogP contribution >= 0.6 is 0 Å². The Kier molecular flexibility index (Phi) is 2.11. The number of nitrogens with zero attached hydrogens (tertiary/aromatic N) is 1. The van der Waals surface area contributed by atoms with Crippen LogP contribution < -0.4 is 11.1 Å². The van der Waals surface area contributed by atoms with Crippen LogP contribution in [-0.2, 0) is 6.42 Å². The zero-order chi connectivity index (χ0) is 11.0. The molecule has 0 aliphatic carbocycles. The Morgan fingerprint density at radius 3 is 3.00 bits per heavy atom. The van der Waals surface area contributed by atoms with Crippen molar-refractivity contribution in [3.63, 3.8) is 0 Å². The maximum Gasteiger partial charge on any atom is 0.0930 e. The largest absolute Gasteiger partial charge is 0.346 e. The van der Waals surface area contributed by atoms with Crippen LogP contribution in [0.2, 0.25) is 0 Å². The lowest BCUT2D eigenvalue weighted by atomic mass is 9.99. The molecule has 1 aliphatic rings. The molecule has 80 valence electrons. The standard InChI is InChI=1S/C13H13N3/c14-7-6-9-4-5-12-13-10(9)2-1-3-11(13)15-8-16-12/h1-5,8H,6-7,14H2,(H,15,16). The smallest absolute Gasteiger partial charge is 0.0930 e. The van der Waals surface area contributed by atoms with Gasteiger partial charge in [-0.05, 0) is 36.0 Å². The van der Waals surface area contributed by atoms with Crippen molar-refractivity contribution in [3.05, 3.63) is 35.9 Å². The van der Waals surface area contributed by atoms with Crippen molar-refractivity contribution < 1.29 is 0 Å². The van der Waals surface area contributed by atoms with Crippen LogP contribution in [0.15, 0.2) is 35.3 Å². The van der Waals surface area contributed by atoms with Crippen molar-refractivity contribution >= 4 is 28.5 Å². The maximum absolute atomic E-state index is 5.63. The third kappa shape index (κ3) is 1.29. The SMILES string of the molecule is NCCc1ccc2c3c(cccc13)NC=N2. The number of benzene rings is 2. The second-order valence-corrected chi connectivity index (χ2v) is 3.91. The van der Waals surface area contributed by atoms with E-state index in [0.717, 1.165) is 17.8 Å². The highest BCUT2D eigenvalue weighted by molar-refractivity contribution is 6.09. The Hall–Kier alpha value is -1.87. The Balaban J connectivity index is 2.35. The molecule has 2 aromatic carbocycles. The second kappa shape index (κ2) is 3.61. The van der Waals surface area contributed by atoms with E-state index in [2.05, 4.69) is 40.6 Å². The number of hydrogen-bond acceptors (Lipinski definition) is 3. The fourth-order valence-corrected chi connectivity index (χ4v) is 2.22. The van der Waals surface area contributed by atoms with E-state index in [1.54, 1.807) is 6.34 Å². The molecule has 0 spiro atoms. The van der Waals surface area contributed by atoms with Crippen molar-refractivity contribution in [1.29, 1.82) is 0 Å². The van der Waals surface area contributed by atoms with Crippen LogP contribution in [0.4, 0.5) is 11.4 Å². The first-order chi connectivity index (χ1) is 7.90. The molecule has 0 fully saturated rings. The minimum Gasteiger partial charge on any atom is -0.346 e. The highest BCUT2D eigenvalue weighted by atomic mass is 15.0. The highest BCUT2D eigenvalue weighted by Crippen LogP contribution is 2.36. The summed E-state index contributed by atoms with van der Waals surface area (Å²) < 4.78 is 0. The van der Waals surface area contributed by atoms with Gasteiger partial charge < -0.3 is 11.1 Å². The molecule has 0 atom stereocenters. The molecular weight excluding hydrogens is 198 g/mol. The molecule has 3 nitrogen and oxygen atoms in total. The van der Waals surface area contributed by atoms with E-state index >= 15 is 0 Å². The van der Waals surface area contributed by atoms with Gasteiger partial charge in [0.2, 0.25) is 0 Å². The van der Waals surface area contributed by atoms with Crippen molar-refractivity contribution in [2.24, 2.45) is 10.7 Å². The maximum atomic E-state index is 5.63. The van der Waals surface area contributed by atoms with Crippen LogP contribution in [0.1, 0.15) is 5.56 Å². The quantitative estimate of drug-likeness (QED) is 0.801. The van der Waals surface area contributed by atoms with Gasteiger partial charge in [-0.2, -0.15) is 0 Å². The van der Waals surface area contributed by atoms with Gasteiger partial charge in [-0.25, -0.2) is 4.99 Å². The average molecular weight is 211 g/mol. The third-order valence-electron chi connectivity index (χ3n) is 2.95. The molecule has 16 heavy (non-hydrogen) atoms. The first-order valence-corrected chi connectivity index (χ1v) is 5.44. The minimum absolute atomic E-state index is 0.676. The molecule has 0 aromatic heterocycles. The number of aliphatic imine (C=N–C) groups is 1. The van der Waals surface area contributed by atoms with Crippen molar-refractivity contribution in [3.8, 4) is 0 Å². The second-order valence-electron chi connectivity index (χ2n) is 3.91. The van der Waals surface area contributed by atoms with E-state index in [1.165, 1.54) is 16.3 Å². The van der Waals surface area contributed by atoms with Gasteiger partial charge in [0.05, 0.1) is 12.0 Å². The van der Waals surface area contributed by atoms with Gasteiger partial charge in [0.1, 0.15) is 0 Å². The molecule has 3 N–H and O–H groups in total. The fourth-order valence-electron chi connectivity index (χ4n) is 2.22. The first-order valence-electron chi connectivity index (χ1n) is 5.44. The Morgan fingerprint density at radius 2 is 2.12 bits per heavy atom. The topological polar surface area (TPSA) is 50.4 Å². The normalized spacial score (nSPS) is 12.8. The number of anilines is 1. The van der Waals surface area contributed by atoms with Crippen LogP contribution in [0, 0.1) is 0 Å². The Labute approximate surface area is 94.0 Å². The van der Waals surface area contributed by atoms with Crippen LogP contribution in [-0.4, -0.2) is 12.9 Å². The van der Waals surface area contributed by atoms with E-state index < -0.39 is 0 Å². The molecule has 3 rings (SSSR count). The van der Waals surface area contributed by atoms with Gasteiger partial charge >= 0.3 is 0 Å². The van der Waals surface area contributed by atoms with Gasteiger partial charge in [0.15, 0.2) is 0 Å². The van der Waals surface area contributed by atoms with Crippen LogP contribution in [0.3, 0.4) is 0 Å². The van der Waals surface area contributed by atoms with E-state index in [0.29, 0.717) is 6.54 Å². The number of nitrogens with one attached hydrogen (secondary N) is 1. The molecule has 0 radical (unpaired) electrons. The predicted octanol–water partition coefficient (Wildman–Crippen LogP) is 2.43. The molecule has 2 aromatic rings. The zero-order valence-corrected chi connectivity index (χ0v) is 8.90. The summed E-state index contributed by atoms with van der Waals surface area (Å²) in [6.45, 7) is 0.676. The Bertz CT molecular complexity index is 573. The summed E-state index contributed by atoms with van der Waals surface area (Å²) in [5, 5.41) is 5.63. The van der Waals surface area contributed by atoms with Crippen LogP contribution in [0.25, 0.3) is 10.8 Å². The predicted molar refractivity (Wildman–Crippen MR) is 68.5 cm³/mol. The molecule has 0 unspecified atom stereocenters. The molecular formula is C13H13N3. The molecule has 0 saturated heterocycles. The molecule has 0 bridgehead atoms. The number of nitrogens with two attached hydrogens (primary N) is 1. The molecule has 0 amide bonds. The molecule has 0 saturated carbocycles. The number of rotatable bonds is 2. The van der Waals surface area contributed by atoms with Gasteiger partial charge in [-0.1, -0.05) is 18.2 Å². The summed E-state index contributed by atoms with van der Waals surface area (Å²) >= 11 is 0. The van der Waals surface area contributed by atoms with E-state index in [4.69, 9.17) is 5.73 Å². The van der Waals surface area contributed by atoms with Gasteiger partial charge in [-0.3, -0.25) is 0 Å². The lowest BCUT2D eigenvalue weighted by molar-refractivity contribution is 0.977. The van der Waals surface area contributed by atoms with Crippen LogP contribution in [0.5, 0.6) is 0 Å². The third-order valence-corrected chi connectivity index (χ3v) is 2.95. The van der Waals surface area contributed by atoms with E-state index in [9.17, 15) is 0 Å². The van der Waals surface area contributed by atoms with Crippen molar-refractivity contribution in [2.45, 2.75) is 6.42 Å². The Morgan fingerprint density at radius 1 is 1.19 bits per heavy atom. The lowest BCUT2D eigenvalue weighted by Crippen LogP contribution is -2.05. The highest BCUT2D eigenvalue weighted by Gasteiger charge is 2.11. The zero-order valence-electron chi connectivity index (χ0n) is 8.90. The molecule has 3 heteroatoms. The summed E-state index contributed by atoms with van der Waals surface area (Å²) in [5.74, 6) is 0. The summed E-state index contributed by atoms with van der Waals surface area (Å²) in [5.41, 5.74) is 9.08. The first kappa shape index (κ1) is 9.36. The van der Waals surface area contributed by atoms with Crippen molar-refractivity contribution in [1.82, 2.24) is 0 Å². The molecule has 1 aliphatic heterocycles. The average Bonchev–Trinajstić information content (AvgIpc) is 2.33. The van der Waals surface area contributed by atoms with Gasteiger partial charge in [-0.15, -0.1) is 0 Å². The lowest BCUT2D eigenvalue weighted by Gasteiger charge is -2.15. The fraction of sp³-hybridized carbons (Fsp3) is 0.154. The summed E-state index contributed by atoms with van der Waals surface area (Å²) in [4.78, 5) is 4.35. The summed E-state index contributed by atoms with van der Waals surface area (Å²) in [6, 6.07) is 10.5. The van der Waals surface area contributed by atoms with Crippen molar-refractivity contribution in [2.75, 3.05) is 11.9 Å². The summed E-state index contributed by atoms with van der Waals surface area (Å²) in [6.07, 6.45) is 2.64. The molecule has 1 heterocycles. The van der Waals surface area contributed by atoms with E-state index in [-0.39, 0.29) is 0 Å². The monoisotopic (exact) mass is 211 g/mol. The summed E-state index contributed by atoms with van der Waals surface area (Å²) in [7, 11) is 0. The minimum atomic E-state index is 0.676. The van der Waals surface area contributed by atoms with Gasteiger partial charge in [0, 0.05) is 11.1 Å². The number of hydrogen-bond donors (Lipinski definition) is 2.